The van der Waals surface area contributed by atoms with Gasteiger partial charge in [-0.25, -0.2) is 0 Å². The molecule has 0 N–H and O–H groups in total. The Labute approximate surface area is 195 Å². The summed E-state index contributed by atoms with van der Waals surface area (Å²) < 4.78 is 0. The predicted octanol–water partition coefficient (Wildman–Crippen LogP) is 9.72. The van der Waals surface area contributed by atoms with Crippen LogP contribution in [-0.2, 0) is 0 Å². The van der Waals surface area contributed by atoms with Gasteiger partial charge in [-0.05, 0) is 90.5 Å². The van der Waals surface area contributed by atoms with Gasteiger partial charge in [0, 0.05) is 0 Å². The Morgan fingerprint density at radius 3 is 0.548 bits per heavy atom. The van der Waals surface area contributed by atoms with Crippen molar-refractivity contribution in [1.29, 1.82) is 0 Å². The third kappa shape index (κ3) is 3.78. The Morgan fingerprint density at radius 1 is 0.226 bits per heavy atom. The maximum absolute atomic E-state index is 1.87. The average molecular weight is 449 g/mol. The van der Waals surface area contributed by atoms with Gasteiger partial charge in [-0.2, -0.15) is 0 Å². The molecule has 0 radical (unpaired) electrons. The summed E-state index contributed by atoms with van der Waals surface area (Å²) in [6.07, 6.45) is 40.6. The van der Waals surface area contributed by atoms with Crippen LogP contribution in [0.4, 0.5) is 0 Å². The van der Waals surface area contributed by atoms with Crippen molar-refractivity contribution < 1.29 is 0 Å². The fourth-order valence-corrected chi connectivity index (χ4v) is 25.1. The SMILES string of the molecule is C1CCC([SH](C2CCCCC2)(C2CCCCC2)(C2CCCCC2)C2CCCCC2)CC1. The summed E-state index contributed by atoms with van der Waals surface area (Å²) in [7, 11) is -1.87. The summed E-state index contributed by atoms with van der Waals surface area (Å²) in [6.45, 7) is 0. The first kappa shape index (κ1) is 23.1. The lowest BCUT2D eigenvalue weighted by molar-refractivity contribution is 0.405. The molecule has 5 aliphatic rings. The van der Waals surface area contributed by atoms with Gasteiger partial charge >= 0.3 is 0 Å². The third-order valence-corrected chi connectivity index (χ3v) is 23.1. The van der Waals surface area contributed by atoms with Crippen molar-refractivity contribution in [3.8, 4) is 0 Å². The highest BCUT2D eigenvalue weighted by atomic mass is 32.3. The first-order chi connectivity index (χ1) is 15.4. The normalized spacial score (nSPS) is 31.3. The molecule has 31 heavy (non-hydrogen) atoms. The standard InChI is InChI=1S/C30H56S/c1-6-16-26(17-7-1)31(27-18-8-2-9-19-27,28-20-10-3-11-21-28,29-22-12-4-13-23-29)30-24-14-5-15-25-30/h26-31H,1-25H2. The highest BCUT2D eigenvalue weighted by Gasteiger charge is 2.65. The number of thiol groups is 1. The molecule has 0 aromatic heterocycles. The van der Waals surface area contributed by atoms with E-state index in [9.17, 15) is 0 Å². The van der Waals surface area contributed by atoms with Crippen molar-refractivity contribution in [2.75, 3.05) is 0 Å². The van der Waals surface area contributed by atoms with Crippen molar-refractivity contribution in [2.45, 2.75) is 187 Å². The van der Waals surface area contributed by atoms with Crippen LogP contribution in [0.15, 0.2) is 0 Å². The molecule has 0 amide bonds. The van der Waals surface area contributed by atoms with Crippen LogP contribution in [-0.4, -0.2) is 26.2 Å². The van der Waals surface area contributed by atoms with E-state index in [2.05, 4.69) is 0 Å². The molecule has 0 aromatic carbocycles. The van der Waals surface area contributed by atoms with Gasteiger partial charge in [0.25, 0.3) is 0 Å². The molecule has 5 aliphatic carbocycles. The first-order valence-corrected chi connectivity index (χ1v) is 18.0. The van der Waals surface area contributed by atoms with E-state index in [1.54, 1.807) is 161 Å². The monoisotopic (exact) mass is 448 g/mol. The van der Waals surface area contributed by atoms with Crippen LogP contribution in [0.3, 0.4) is 0 Å². The molecule has 1 heteroatoms. The minimum atomic E-state index is -1.87. The molecule has 0 atom stereocenters. The van der Waals surface area contributed by atoms with Gasteiger partial charge in [-0.15, -0.1) is 0 Å². The third-order valence-electron chi connectivity index (χ3n) is 12.1. The fourth-order valence-electron chi connectivity index (χ4n) is 11.4. The van der Waals surface area contributed by atoms with E-state index in [0.29, 0.717) is 0 Å². The summed E-state index contributed by atoms with van der Waals surface area (Å²) in [5.41, 5.74) is 0. The molecule has 5 fully saturated rings. The molecule has 0 spiro atoms. The predicted molar refractivity (Wildman–Crippen MR) is 143 cm³/mol. The molecule has 182 valence electrons. The Bertz CT molecular complexity index is 415. The molecule has 0 aromatic rings. The summed E-state index contributed by atoms with van der Waals surface area (Å²) in [4.78, 5) is 0. The van der Waals surface area contributed by atoms with Gasteiger partial charge in [0.05, 0.1) is 0 Å². The van der Waals surface area contributed by atoms with Crippen molar-refractivity contribution in [3.63, 3.8) is 0 Å². The van der Waals surface area contributed by atoms with E-state index in [1.165, 1.54) is 26.2 Å². The van der Waals surface area contributed by atoms with Crippen LogP contribution in [0.2, 0.25) is 0 Å². The number of rotatable bonds is 5. The maximum Gasteiger partial charge on any atom is -0.0231 e. The zero-order chi connectivity index (χ0) is 21.0. The van der Waals surface area contributed by atoms with Crippen LogP contribution < -0.4 is 0 Å². The molecule has 5 saturated carbocycles. The maximum atomic E-state index is 1.68. The molecule has 0 heterocycles. The van der Waals surface area contributed by atoms with E-state index in [0.717, 1.165) is 0 Å². The summed E-state index contributed by atoms with van der Waals surface area (Å²) in [5, 5.41) is 6.10. The molecule has 0 saturated heterocycles. The molecular weight excluding hydrogens is 392 g/mol. The zero-order valence-corrected chi connectivity index (χ0v) is 21.9. The Hall–Kier alpha value is 0.350. The van der Waals surface area contributed by atoms with Gasteiger partial charge in [0.2, 0.25) is 0 Å². The van der Waals surface area contributed by atoms with Gasteiger partial charge in [0.1, 0.15) is 0 Å². The zero-order valence-electron chi connectivity index (χ0n) is 21.0. The van der Waals surface area contributed by atoms with Crippen molar-refractivity contribution in [1.82, 2.24) is 0 Å². The Morgan fingerprint density at radius 2 is 0.387 bits per heavy atom. The highest BCUT2D eigenvalue weighted by molar-refractivity contribution is 8.51. The van der Waals surface area contributed by atoms with Crippen LogP contribution >= 0.6 is 9.16 Å². The second kappa shape index (κ2) is 10.3. The lowest BCUT2D eigenvalue weighted by Gasteiger charge is -2.84. The molecule has 0 unspecified atom stereocenters. The topological polar surface area (TPSA) is 0 Å². The average Bonchev–Trinajstić information content (AvgIpc) is 2.88. The van der Waals surface area contributed by atoms with Gasteiger partial charge in [0.15, 0.2) is 0 Å². The smallest absolute Gasteiger partial charge is 0.0231 e. The van der Waals surface area contributed by atoms with E-state index >= 15 is 0 Å². The van der Waals surface area contributed by atoms with Crippen LogP contribution in [0.25, 0.3) is 0 Å². The highest BCUT2D eigenvalue weighted by Crippen LogP contribution is 2.91. The van der Waals surface area contributed by atoms with Gasteiger partial charge in [-0.1, -0.05) is 96.3 Å². The van der Waals surface area contributed by atoms with Gasteiger partial charge in [-0.3, -0.25) is 9.16 Å². The van der Waals surface area contributed by atoms with Gasteiger partial charge < -0.3 is 0 Å². The molecule has 0 aliphatic heterocycles. The van der Waals surface area contributed by atoms with E-state index in [1.807, 2.05) is 0 Å². The second-order valence-corrected chi connectivity index (χ2v) is 19.6. The largest absolute Gasteiger partial charge is 0.271 e. The van der Waals surface area contributed by atoms with E-state index in [-0.39, 0.29) is 0 Å². The van der Waals surface area contributed by atoms with Crippen molar-refractivity contribution in [2.24, 2.45) is 0 Å². The number of hydrogen-bond donors (Lipinski definition) is 1. The van der Waals surface area contributed by atoms with Crippen LogP contribution in [0, 0.1) is 0 Å². The number of hydrogen-bond acceptors (Lipinski definition) is 0. The lowest BCUT2D eigenvalue weighted by Crippen LogP contribution is -2.62. The molecular formula is C30H56S. The van der Waals surface area contributed by atoms with E-state index < -0.39 is 9.16 Å². The molecule has 0 bridgehead atoms. The fraction of sp³-hybridized carbons (Fsp3) is 1.00. The van der Waals surface area contributed by atoms with Crippen LogP contribution in [0.1, 0.15) is 161 Å². The Kier molecular flexibility index (Phi) is 7.69. The van der Waals surface area contributed by atoms with E-state index in [4.69, 9.17) is 0 Å². The first-order valence-electron chi connectivity index (χ1n) is 15.4. The van der Waals surface area contributed by atoms with Crippen molar-refractivity contribution >= 4 is 9.16 Å². The summed E-state index contributed by atoms with van der Waals surface area (Å²) in [5.74, 6) is 0. The van der Waals surface area contributed by atoms with Crippen molar-refractivity contribution in [3.05, 3.63) is 0 Å². The quantitative estimate of drug-likeness (QED) is 0.397. The second-order valence-electron chi connectivity index (χ2n) is 12.9. The Balaban J connectivity index is 1.72. The molecule has 5 rings (SSSR count). The summed E-state index contributed by atoms with van der Waals surface area (Å²) in [6, 6.07) is 0. The van der Waals surface area contributed by atoms with Crippen LogP contribution in [0.5, 0.6) is 0 Å². The minimum Gasteiger partial charge on any atom is -0.271 e. The minimum absolute atomic E-state index is 1.22. The molecule has 0 nitrogen and oxygen atoms in total. The summed E-state index contributed by atoms with van der Waals surface area (Å²) >= 11 is 0. The lowest BCUT2D eigenvalue weighted by atomic mass is 9.97.